The molecule has 40 heavy (non-hydrogen) atoms. The highest BCUT2D eigenvalue weighted by atomic mass is 19.4. The molecule has 0 saturated carbocycles. The van der Waals surface area contributed by atoms with Gasteiger partial charge in [0.05, 0.1) is 11.4 Å². The molecule has 0 fully saturated rings. The van der Waals surface area contributed by atoms with Crippen LogP contribution in [-0.2, 0) is 4.79 Å². The number of rotatable bonds is 3. The van der Waals surface area contributed by atoms with Gasteiger partial charge in [0.15, 0.2) is 5.69 Å². The third kappa shape index (κ3) is 4.89. The maximum atomic E-state index is 13.5. The van der Waals surface area contributed by atoms with Crippen molar-refractivity contribution < 1.29 is 40.3 Å². The van der Waals surface area contributed by atoms with E-state index in [2.05, 4.69) is 10.1 Å². The van der Waals surface area contributed by atoms with Crippen LogP contribution < -0.4 is 16.4 Å². The topological polar surface area (TPSA) is 139 Å². The van der Waals surface area contributed by atoms with E-state index in [4.69, 9.17) is 0 Å². The molecule has 2 heterocycles. The molecule has 2 aromatic carbocycles. The van der Waals surface area contributed by atoms with Crippen LogP contribution in [0.15, 0.2) is 58.1 Å². The fraction of sp³-hybridized carbons (Fsp3) is 0.0870. The van der Waals surface area contributed by atoms with Crippen molar-refractivity contribution in [3.63, 3.8) is 0 Å². The average molecular weight is 566 g/mol. The number of nitrogens with one attached hydrogen (secondary N) is 1. The molecule has 2 aromatic heterocycles. The first kappa shape index (κ1) is 27.6. The van der Waals surface area contributed by atoms with E-state index in [0.29, 0.717) is 0 Å². The number of halogens is 7. The Balaban J connectivity index is 2.13. The summed E-state index contributed by atoms with van der Waals surface area (Å²) in [6.45, 7) is 0. The first-order valence-corrected chi connectivity index (χ1v) is 10.5. The summed E-state index contributed by atoms with van der Waals surface area (Å²) >= 11 is 0. The van der Waals surface area contributed by atoms with Gasteiger partial charge in [-0.05, 0) is 30.3 Å². The van der Waals surface area contributed by atoms with Crippen LogP contribution in [0.25, 0.3) is 28.3 Å². The zero-order valence-electron chi connectivity index (χ0n) is 19.1. The minimum atomic E-state index is -5.68. The van der Waals surface area contributed by atoms with Crippen molar-refractivity contribution in [3.05, 3.63) is 80.6 Å². The number of carbonyl (C=O) groups excluding carboxylic acids is 2. The van der Waals surface area contributed by atoms with Crippen LogP contribution in [0.3, 0.4) is 0 Å². The number of amides is 1. The molecule has 4 rings (SSSR count). The number of anilines is 1. The Bertz CT molecular complexity index is 1850. The van der Waals surface area contributed by atoms with Gasteiger partial charge in [-0.3, -0.25) is 19.2 Å². The van der Waals surface area contributed by atoms with E-state index in [1.807, 2.05) is 0 Å². The molecule has 10 nitrogen and oxygen atoms in total. The number of hydrogen-bond acceptors (Lipinski definition) is 7. The van der Waals surface area contributed by atoms with E-state index < -0.39 is 79.8 Å². The maximum Gasteiger partial charge on any atom is 0.473 e. The van der Waals surface area contributed by atoms with Crippen molar-refractivity contribution in [2.24, 2.45) is 0 Å². The number of nitrogens with zero attached hydrogens (tertiary/aromatic N) is 5. The summed E-state index contributed by atoms with van der Waals surface area (Å²) < 4.78 is 91.8. The van der Waals surface area contributed by atoms with Crippen LogP contribution in [0.4, 0.5) is 36.4 Å². The maximum absolute atomic E-state index is 13.5. The fourth-order valence-electron chi connectivity index (χ4n) is 3.46. The summed E-state index contributed by atoms with van der Waals surface area (Å²) in [7, 11) is 0. The largest absolute Gasteiger partial charge is 0.473 e. The van der Waals surface area contributed by atoms with Gasteiger partial charge in [0.25, 0.3) is 11.1 Å². The van der Waals surface area contributed by atoms with Crippen LogP contribution in [-0.4, -0.2) is 43.3 Å². The molecule has 0 saturated heterocycles. The molecule has 17 heteroatoms. The summed E-state index contributed by atoms with van der Waals surface area (Å²) in [6, 6.07) is 9.17. The molecular formula is C23H9F7N6O4. The second-order valence-electron chi connectivity index (χ2n) is 7.76. The second-order valence-corrected chi connectivity index (χ2v) is 7.76. The van der Waals surface area contributed by atoms with Crippen LogP contribution in [0.5, 0.6) is 0 Å². The van der Waals surface area contributed by atoms with Gasteiger partial charge in [-0.1, -0.05) is 18.2 Å². The Kier molecular flexibility index (Phi) is 6.72. The van der Waals surface area contributed by atoms with Crippen LogP contribution in [0, 0.1) is 17.1 Å². The molecule has 0 aliphatic rings. The molecule has 0 unspecified atom stereocenters. The first-order chi connectivity index (χ1) is 18.6. The molecule has 0 aliphatic heterocycles. The molecule has 0 aliphatic carbocycles. The number of alkyl halides is 6. The smallest absolute Gasteiger partial charge is 0.318 e. The molecule has 0 bridgehead atoms. The normalized spacial score (nSPS) is 11.8. The molecule has 0 radical (unpaired) electrons. The third-order valence-corrected chi connectivity index (χ3v) is 5.21. The Hall–Kier alpha value is -5.40. The Morgan fingerprint density at radius 3 is 2.08 bits per heavy atom. The number of hydrogen-bond donors (Lipinski definition) is 1. The van der Waals surface area contributed by atoms with Crippen LogP contribution >= 0.6 is 0 Å². The summed E-state index contributed by atoms with van der Waals surface area (Å²) in [5.74, 6) is -7.35. The fourth-order valence-corrected chi connectivity index (χ4v) is 3.46. The zero-order valence-corrected chi connectivity index (χ0v) is 19.1. The number of carbonyl (C=O) groups is 2. The van der Waals surface area contributed by atoms with Gasteiger partial charge in [0.1, 0.15) is 17.4 Å². The predicted octanol–water partition coefficient (Wildman–Crippen LogP) is 3.30. The Labute approximate surface area is 215 Å². The number of nitriles is 1. The van der Waals surface area contributed by atoms with Crippen LogP contribution in [0.1, 0.15) is 10.4 Å². The van der Waals surface area contributed by atoms with E-state index >= 15 is 0 Å². The van der Waals surface area contributed by atoms with E-state index in [-0.39, 0.29) is 9.96 Å². The van der Waals surface area contributed by atoms with Gasteiger partial charge in [-0.25, -0.2) is 13.8 Å². The standard InChI is InChI=1S/C23H9F7N6O4/c24-11-7-5-10(6-8-11)15-13(9-31)17(37)35-18(38)16(34-36(21(35)33-15)20(40)23(28,29)30)12-3-1-2-4-14(12)32-19(39)22(25,26)27/h1-8H,(H,32,39). The number of fused-ring (bicyclic) bond motifs is 1. The molecule has 204 valence electrons. The molecule has 1 N–H and O–H groups in total. The summed E-state index contributed by atoms with van der Waals surface area (Å²) in [5, 5.41) is 14.4. The summed E-state index contributed by atoms with van der Waals surface area (Å²) in [6.07, 6.45) is -11.1. The number of benzene rings is 2. The average Bonchev–Trinajstić information content (AvgIpc) is 2.88. The van der Waals surface area contributed by atoms with Crippen molar-refractivity contribution in [3.8, 4) is 28.6 Å². The third-order valence-electron chi connectivity index (χ3n) is 5.21. The van der Waals surface area contributed by atoms with Gasteiger partial charge in [0.2, 0.25) is 5.78 Å². The minimum absolute atomic E-state index is 0.0973. The van der Waals surface area contributed by atoms with Crippen molar-refractivity contribution >= 4 is 23.3 Å². The number of para-hydroxylation sites is 1. The van der Waals surface area contributed by atoms with E-state index in [1.165, 1.54) is 11.4 Å². The lowest BCUT2D eigenvalue weighted by Gasteiger charge is -2.16. The lowest BCUT2D eigenvalue weighted by Crippen LogP contribution is -2.40. The monoisotopic (exact) mass is 566 g/mol. The minimum Gasteiger partial charge on any atom is -0.318 e. The molecular weight excluding hydrogens is 557 g/mol. The lowest BCUT2D eigenvalue weighted by atomic mass is 10.1. The molecule has 0 spiro atoms. The van der Waals surface area contributed by atoms with Crippen molar-refractivity contribution in [1.29, 1.82) is 5.26 Å². The van der Waals surface area contributed by atoms with Crippen molar-refractivity contribution in [2.45, 2.75) is 12.4 Å². The summed E-state index contributed by atoms with van der Waals surface area (Å²) in [4.78, 5) is 54.1. The first-order valence-electron chi connectivity index (χ1n) is 10.5. The SMILES string of the molecule is N#Cc1c(-c2ccc(F)cc2)nc2n(C(=O)C(F)(F)F)nc(-c3ccccc3NC(=O)C(F)(F)F)c(=O)n2c1=O. The number of aromatic nitrogens is 4. The molecule has 1 amide bonds. The Morgan fingerprint density at radius 1 is 0.875 bits per heavy atom. The van der Waals surface area contributed by atoms with Gasteiger partial charge >= 0.3 is 24.2 Å². The van der Waals surface area contributed by atoms with E-state index in [9.17, 15) is 55.2 Å². The lowest BCUT2D eigenvalue weighted by molar-refractivity contribution is -0.167. The molecule has 4 aromatic rings. The van der Waals surface area contributed by atoms with Gasteiger partial charge in [-0.15, -0.1) is 0 Å². The van der Waals surface area contributed by atoms with Gasteiger partial charge in [-0.2, -0.15) is 41.4 Å². The highest BCUT2D eigenvalue weighted by Gasteiger charge is 2.43. The zero-order chi connectivity index (χ0) is 29.6. The van der Waals surface area contributed by atoms with E-state index in [0.717, 1.165) is 48.5 Å². The summed E-state index contributed by atoms with van der Waals surface area (Å²) in [5.41, 5.74) is -7.47. The highest BCUT2D eigenvalue weighted by molar-refractivity contribution is 5.98. The highest BCUT2D eigenvalue weighted by Crippen LogP contribution is 2.28. The van der Waals surface area contributed by atoms with Crippen molar-refractivity contribution in [1.82, 2.24) is 19.2 Å². The van der Waals surface area contributed by atoms with E-state index in [1.54, 1.807) is 0 Å². The Morgan fingerprint density at radius 2 is 1.50 bits per heavy atom. The second kappa shape index (κ2) is 9.72. The van der Waals surface area contributed by atoms with Crippen molar-refractivity contribution in [2.75, 3.05) is 5.32 Å². The van der Waals surface area contributed by atoms with Gasteiger partial charge in [0, 0.05) is 11.1 Å². The van der Waals surface area contributed by atoms with Gasteiger partial charge < -0.3 is 5.32 Å². The van der Waals surface area contributed by atoms with Crippen LogP contribution in [0.2, 0.25) is 0 Å². The molecule has 0 atom stereocenters. The quantitative estimate of drug-likeness (QED) is 0.376. The predicted molar refractivity (Wildman–Crippen MR) is 120 cm³/mol.